The van der Waals surface area contributed by atoms with Crippen LogP contribution in [-0.4, -0.2) is 35.0 Å². The van der Waals surface area contributed by atoms with Crippen LogP contribution >= 0.6 is 11.3 Å². The summed E-state index contributed by atoms with van der Waals surface area (Å²) in [5.74, 6) is 0. The van der Waals surface area contributed by atoms with Crippen LogP contribution in [0.15, 0.2) is 35.8 Å². The Kier molecular flexibility index (Phi) is 4.06. The molecule has 1 saturated heterocycles. The SMILES string of the molecule is NC(=O)N1CCC(Nc2ccc(-c3nccs3)cc2)CC1. The number of urea groups is 1. The molecule has 1 fully saturated rings. The minimum atomic E-state index is -0.318. The van der Waals surface area contributed by atoms with Crippen molar-refractivity contribution in [3.8, 4) is 10.6 Å². The number of piperidine rings is 1. The normalized spacial score (nSPS) is 15.9. The summed E-state index contributed by atoms with van der Waals surface area (Å²) in [6, 6.07) is 8.40. The van der Waals surface area contributed by atoms with E-state index in [9.17, 15) is 4.79 Å². The van der Waals surface area contributed by atoms with Gasteiger partial charge in [0.25, 0.3) is 0 Å². The molecule has 0 atom stereocenters. The van der Waals surface area contributed by atoms with Crippen molar-refractivity contribution in [1.29, 1.82) is 0 Å². The Balaban J connectivity index is 1.58. The lowest BCUT2D eigenvalue weighted by molar-refractivity contribution is 0.193. The second-order valence-corrected chi connectivity index (χ2v) is 6.05. The number of anilines is 1. The summed E-state index contributed by atoms with van der Waals surface area (Å²) in [6.45, 7) is 1.45. The van der Waals surface area contributed by atoms with Crippen LogP contribution < -0.4 is 11.1 Å². The fourth-order valence-electron chi connectivity index (χ4n) is 2.55. The molecule has 3 N–H and O–H groups in total. The van der Waals surface area contributed by atoms with Crippen molar-refractivity contribution in [2.75, 3.05) is 18.4 Å². The van der Waals surface area contributed by atoms with Crippen molar-refractivity contribution < 1.29 is 4.79 Å². The van der Waals surface area contributed by atoms with Crippen LogP contribution in [0.25, 0.3) is 10.6 Å². The number of amides is 2. The molecule has 0 unspecified atom stereocenters. The number of likely N-dealkylation sites (tertiary alicyclic amines) is 1. The number of hydrogen-bond donors (Lipinski definition) is 2. The molecule has 0 aliphatic carbocycles. The fourth-order valence-corrected chi connectivity index (χ4v) is 3.20. The highest BCUT2D eigenvalue weighted by molar-refractivity contribution is 7.13. The van der Waals surface area contributed by atoms with E-state index in [1.54, 1.807) is 16.2 Å². The minimum Gasteiger partial charge on any atom is -0.382 e. The Bertz CT molecular complexity index is 589. The first-order chi connectivity index (χ1) is 10.2. The van der Waals surface area contributed by atoms with Crippen LogP contribution in [0.1, 0.15) is 12.8 Å². The zero-order valence-corrected chi connectivity index (χ0v) is 12.5. The molecular weight excluding hydrogens is 284 g/mol. The number of carbonyl (C=O) groups is 1. The smallest absolute Gasteiger partial charge is 0.314 e. The highest BCUT2D eigenvalue weighted by Crippen LogP contribution is 2.24. The maximum Gasteiger partial charge on any atom is 0.314 e. The quantitative estimate of drug-likeness (QED) is 0.916. The predicted molar refractivity (Wildman–Crippen MR) is 85.4 cm³/mol. The van der Waals surface area contributed by atoms with Gasteiger partial charge in [0.1, 0.15) is 5.01 Å². The van der Waals surface area contributed by atoms with E-state index in [4.69, 9.17) is 5.73 Å². The van der Waals surface area contributed by atoms with Crippen molar-refractivity contribution in [1.82, 2.24) is 9.88 Å². The van der Waals surface area contributed by atoms with Crippen LogP contribution in [0.3, 0.4) is 0 Å². The van der Waals surface area contributed by atoms with Crippen LogP contribution in [0.2, 0.25) is 0 Å². The molecule has 1 aromatic heterocycles. The monoisotopic (exact) mass is 302 g/mol. The lowest BCUT2D eigenvalue weighted by atomic mass is 10.0. The van der Waals surface area contributed by atoms with E-state index in [0.29, 0.717) is 6.04 Å². The lowest BCUT2D eigenvalue weighted by Gasteiger charge is -2.31. The Morgan fingerprint density at radius 2 is 2.00 bits per heavy atom. The topological polar surface area (TPSA) is 71.2 Å². The zero-order chi connectivity index (χ0) is 14.7. The number of benzene rings is 1. The first kappa shape index (κ1) is 13.9. The second-order valence-electron chi connectivity index (χ2n) is 5.16. The van der Waals surface area contributed by atoms with Crippen LogP contribution in [-0.2, 0) is 0 Å². The molecule has 1 aliphatic heterocycles. The molecule has 2 aromatic rings. The molecule has 0 saturated carbocycles. The summed E-state index contributed by atoms with van der Waals surface area (Å²) >= 11 is 1.64. The van der Waals surface area contributed by atoms with E-state index in [1.807, 2.05) is 11.6 Å². The van der Waals surface area contributed by atoms with Crippen LogP contribution in [0.4, 0.5) is 10.5 Å². The third-order valence-electron chi connectivity index (χ3n) is 3.74. The summed E-state index contributed by atoms with van der Waals surface area (Å²) in [4.78, 5) is 17.1. The number of aromatic nitrogens is 1. The van der Waals surface area contributed by atoms with Crippen molar-refractivity contribution in [3.05, 3.63) is 35.8 Å². The fraction of sp³-hybridized carbons (Fsp3) is 0.333. The van der Waals surface area contributed by atoms with E-state index >= 15 is 0 Å². The molecule has 21 heavy (non-hydrogen) atoms. The van der Waals surface area contributed by atoms with Gasteiger partial charge in [0, 0.05) is 42.0 Å². The number of carbonyl (C=O) groups excluding carboxylic acids is 1. The van der Waals surface area contributed by atoms with Gasteiger partial charge >= 0.3 is 6.03 Å². The summed E-state index contributed by atoms with van der Waals surface area (Å²) in [6.07, 6.45) is 3.67. The van der Waals surface area contributed by atoms with Crippen molar-refractivity contribution >= 4 is 23.1 Å². The maximum absolute atomic E-state index is 11.1. The molecule has 1 aliphatic rings. The Labute approximate surface area is 127 Å². The lowest BCUT2D eigenvalue weighted by Crippen LogP contribution is -2.44. The standard InChI is InChI=1S/C15H18N4OS/c16-15(20)19-8-5-13(6-9-19)18-12-3-1-11(2-4-12)14-17-7-10-21-14/h1-4,7,10,13,18H,5-6,8-9H2,(H2,16,20). The number of hydrogen-bond acceptors (Lipinski definition) is 4. The Morgan fingerprint density at radius 1 is 1.29 bits per heavy atom. The Hall–Kier alpha value is -2.08. The first-order valence-electron chi connectivity index (χ1n) is 7.03. The van der Waals surface area contributed by atoms with Crippen molar-refractivity contribution in [3.63, 3.8) is 0 Å². The summed E-state index contributed by atoms with van der Waals surface area (Å²) < 4.78 is 0. The molecule has 1 aromatic carbocycles. The van der Waals surface area contributed by atoms with E-state index in [0.717, 1.165) is 42.2 Å². The van der Waals surface area contributed by atoms with Gasteiger partial charge in [-0.3, -0.25) is 0 Å². The van der Waals surface area contributed by atoms with E-state index in [1.165, 1.54) is 0 Å². The number of thiazole rings is 1. The molecule has 0 spiro atoms. The van der Waals surface area contributed by atoms with Gasteiger partial charge in [-0.2, -0.15) is 0 Å². The molecule has 5 nitrogen and oxygen atoms in total. The summed E-state index contributed by atoms with van der Waals surface area (Å²) in [5.41, 5.74) is 7.53. The van der Waals surface area contributed by atoms with E-state index in [-0.39, 0.29) is 6.03 Å². The second kappa shape index (κ2) is 6.13. The third kappa shape index (κ3) is 3.33. The molecule has 110 valence electrons. The maximum atomic E-state index is 11.1. The van der Waals surface area contributed by atoms with Gasteiger partial charge < -0.3 is 16.0 Å². The number of nitrogens with two attached hydrogens (primary N) is 1. The zero-order valence-electron chi connectivity index (χ0n) is 11.7. The predicted octanol–water partition coefficient (Wildman–Crippen LogP) is 2.77. The average Bonchev–Trinajstić information content (AvgIpc) is 3.03. The van der Waals surface area contributed by atoms with Crippen LogP contribution in [0, 0.1) is 0 Å². The van der Waals surface area contributed by atoms with E-state index < -0.39 is 0 Å². The molecule has 0 bridgehead atoms. The van der Waals surface area contributed by atoms with Gasteiger partial charge in [-0.05, 0) is 37.1 Å². The largest absolute Gasteiger partial charge is 0.382 e. The van der Waals surface area contributed by atoms with Gasteiger partial charge in [-0.1, -0.05) is 0 Å². The van der Waals surface area contributed by atoms with Gasteiger partial charge in [-0.15, -0.1) is 11.3 Å². The molecular formula is C15H18N4OS. The molecule has 0 radical (unpaired) electrons. The minimum absolute atomic E-state index is 0.318. The third-order valence-corrected chi connectivity index (χ3v) is 4.56. The van der Waals surface area contributed by atoms with Crippen molar-refractivity contribution in [2.24, 2.45) is 5.73 Å². The van der Waals surface area contributed by atoms with Gasteiger partial charge in [0.15, 0.2) is 0 Å². The Morgan fingerprint density at radius 3 is 2.57 bits per heavy atom. The molecule has 2 amide bonds. The molecule has 3 rings (SSSR count). The number of rotatable bonds is 3. The first-order valence-corrected chi connectivity index (χ1v) is 7.91. The van der Waals surface area contributed by atoms with Gasteiger partial charge in [0.05, 0.1) is 0 Å². The number of primary amides is 1. The van der Waals surface area contributed by atoms with Gasteiger partial charge in [0.2, 0.25) is 0 Å². The van der Waals surface area contributed by atoms with Gasteiger partial charge in [-0.25, -0.2) is 9.78 Å². The average molecular weight is 302 g/mol. The molecule has 2 heterocycles. The number of nitrogens with zero attached hydrogens (tertiary/aromatic N) is 2. The summed E-state index contributed by atoms with van der Waals surface area (Å²) in [7, 11) is 0. The van der Waals surface area contributed by atoms with Crippen LogP contribution in [0.5, 0.6) is 0 Å². The number of nitrogens with one attached hydrogen (secondary N) is 1. The highest BCUT2D eigenvalue weighted by Gasteiger charge is 2.20. The molecule has 6 heteroatoms. The summed E-state index contributed by atoms with van der Waals surface area (Å²) in [5, 5.41) is 6.54. The van der Waals surface area contributed by atoms with Crippen molar-refractivity contribution in [2.45, 2.75) is 18.9 Å². The highest BCUT2D eigenvalue weighted by atomic mass is 32.1. The van der Waals surface area contributed by atoms with E-state index in [2.05, 4.69) is 34.6 Å².